The van der Waals surface area contributed by atoms with E-state index in [9.17, 15) is 22.8 Å². The number of urea groups is 1. The Balaban J connectivity index is 2.77. The van der Waals surface area contributed by atoms with Gasteiger partial charge in [-0.3, -0.25) is 4.79 Å². The molecule has 1 atom stereocenters. The van der Waals surface area contributed by atoms with Crippen molar-refractivity contribution in [3.05, 3.63) is 29.6 Å². The van der Waals surface area contributed by atoms with Gasteiger partial charge in [0.1, 0.15) is 6.04 Å². The second-order valence-corrected chi connectivity index (χ2v) is 3.38. The summed E-state index contributed by atoms with van der Waals surface area (Å²) in [5.74, 6) is -5.97. The van der Waals surface area contributed by atoms with E-state index in [1.54, 1.807) is 0 Å². The van der Waals surface area contributed by atoms with Crippen LogP contribution in [0.1, 0.15) is 6.92 Å². The van der Waals surface area contributed by atoms with Gasteiger partial charge in [-0.2, -0.15) is 0 Å². The van der Waals surface area contributed by atoms with E-state index in [0.717, 1.165) is 6.07 Å². The Morgan fingerprint density at radius 3 is 2.39 bits per heavy atom. The predicted molar refractivity (Wildman–Crippen MR) is 55.6 cm³/mol. The molecular weight excluding hydrogens is 253 g/mol. The van der Waals surface area contributed by atoms with Crippen LogP contribution in [0.3, 0.4) is 0 Å². The first-order valence-electron chi connectivity index (χ1n) is 4.76. The number of aliphatic carboxylic acids is 1. The summed E-state index contributed by atoms with van der Waals surface area (Å²) in [6.45, 7) is 1.18. The summed E-state index contributed by atoms with van der Waals surface area (Å²) in [5, 5.41) is 12.3. The molecule has 0 aliphatic rings. The third-order valence-electron chi connectivity index (χ3n) is 2.00. The maximum absolute atomic E-state index is 13.1. The number of halogens is 3. The van der Waals surface area contributed by atoms with Crippen LogP contribution in [0, 0.1) is 17.5 Å². The molecule has 0 spiro atoms. The molecule has 8 heteroatoms. The van der Waals surface area contributed by atoms with Crippen LogP contribution >= 0.6 is 0 Å². The molecule has 0 bridgehead atoms. The van der Waals surface area contributed by atoms with Crippen LogP contribution in [0.5, 0.6) is 0 Å². The fourth-order valence-corrected chi connectivity index (χ4v) is 1.04. The molecule has 0 aliphatic heterocycles. The summed E-state index contributed by atoms with van der Waals surface area (Å²) in [5.41, 5.74) is -0.594. The van der Waals surface area contributed by atoms with Crippen LogP contribution in [-0.4, -0.2) is 23.1 Å². The van der Waals surface area contributed by atoms with Crippen molar-refractivity contribution in [1.82, 2.24) is 5.32 Å². The van der Waals surface area contributed by atoms with Crippen LogP contribution in [0.25, 0.3) is 0 Å². The van der Waals surface area contributed by atoms with Crippen LogP contribution in [0.4, 0.5) is 23.7 Å². The molecule has 0 unspecified atom stereocenters. The average Bonchev–Trinajstić information content (AvgIpc) is 2.29. The van der Waals surface area contributed by atoms with Crippen LogP contribution in [0.2, 0.25) is 0 Å². The highest BCUT2D eigenvalue weighted by Crippen LogP contribution is 2.19. The lowest BCUT2D eigenvalue weighted by Crippen LogP contribution is -2.41. The zero-order valence-corrected chi connectivity index (χ0v) is 9.13. The lowest BCUT2D eigenvalue weighted by atomic mass is 10.3. The number of benzene rings is 1. The summed E-state index contributed by atoms with van der Waals surface area (Å²) in [7, 11) is 0. The Hall–Kier alpha value is -2.25. The molecule has 98 valence electrons. The Morgan fingerprint density at radius 1 is 1.22 bits per heavy atom. The van der Waals surface area contributed by atoms with Crippen LogP contribution in [0.15, 0.2) is 12.1 Å². The second kappa shape index (κ2) is 5.39. The molecule has 2 amide bonds. The smallest absolute Gasteiger partial charge is 0.325 e. The summed E-state index contributed by atoms with van der Waals surface area (Å²) < 4.78 is 38.6. The minimum absolute atomic E-state index is 0.594. The van der Waals surface area contributed by atoms with Gasteiger partial charge in [-0.1, -0.05) is 0 Å². The molecule has 1 aromatic rings. The van der Waals surface area contributed by atoms with Crippen molar-refractivity contribution in [2.45, 2.75) is 13.0 Å². The van der Waals surface area contributed by atoms with E-state index in [1.807, 2.05) is 10.6 Å². The van der Waals surface area contributed by atoms with Gasteiger partial charge in [0.2, 0.25) is 0 Å². The van der Waals surface area contributed by atoms with Crippen molar-refractivity contribution in [2.75, 3.05) is 5.32 Å². The highest BCUT2D eigenvalue weighted by molar-refractivity contribution is 5.92. The number of anilines is 1. The first kappa shape index (κ1) is 13.8. The monoisotopic (exact) mass is 262 g/mol. The first-order chi connectivity index (χ1) is 8.32. The molecule has 0 saturated heterocycles. The van der Waals surface area contributed by atoms with Crippen molar-refractivity contribution >= 4 is 17.7 Å². The summed E-state index contributed by atoms with van der Waals surface area (Å²) in [4.78, 5) is 21.6. The van der Waals surface area contributed by atoms with Gasteiger partial charge in [0.05, 0.1) is 5.69 Å². The Morgan fingerprint density at radius 2 is 1.83 bits per heavy atom. The minimum Gasteiger partial charge on any atom is -0.480 e. The number of nitrogens with one attached hydrogen (secondary N) is 2. The molecule has 0 aliphatic carbocycles. The van der Waals surface area contributed by atoms with E-state index < -0.39 is 41.2 Å². The summed E-state index contributed by atoms with van der Waals surface area (Å²) in [6, 6.07) is -0.805. The zero-order chi connectivity index (χ0) is 13.9. The molecule has 0 saturated carbocycles. The van der Waals surface area contributed by atoms with Gasteiger partial charge in [0, 0.05) is 0 Å². The molecule has 0 fully saturated rings. The van der Waals surface area contributed by atoms with Gasteiger partial charge in [-0.15, -0.1) is 0 Å². The fraction of sp³-hybridized carbons (Fsp3) is 0.200. The topological polar surface area (TPSA) is 78.4 Å². The van der Waals surface area contributed by atoms with E-state index in [2.05, 4.69) is 0 Å². The summed E-state index contributed by atoms with van der Waals surface area (Å²) in [6.07, 6.45) is 0. The summed E-state index contributed by atoms with van der Waals surface area (Å²) >= 11 is 0. The lowest BCUT2D eigenvalue weighted by Gasteiger charge is -2.11. The van der Waals surface area contributed by atoms with Crippen molar-refractivity contribution < 1.29 is 27.9 Å². The minimum atomic E-state index is -1.72. The number of carboxylic acid groups (broad SMARTS) is 1. The van der Waals surface area contributed by atoms with Crippen LogP contribution in [-0.2, 0) is 4.79 Å². The van der Waals surface area contributed by atoms with Gasteiger partial charge >= 0.3 is 12.0 Å². The van der Waals surface area contributed by atoms with Gasteiger partial charge in [-0.25, -0.2) is 18.0 Å². The maximum Gasteiger partial charge on any atom is 0.325 e. The quantitative estimate of drug-likeness (QED) is 0.725. The van der Waals surface area contributed by atoms with Gasteiger partial charge < -0.3 is 15.7 Å². The molecule has 0 radical (unpaired) electrons. The number of carboxylic acids is 1. The molecule has 18 heavy (non-hydrogen) atoms. The number of carbonyl (C=O) groups is 2. The second-order valence-electron chi connectivity index (χ2n) is 3.38. The lowest BCUT2D eigenvalue weighted by molar-refractivity contribution is -0.138. The number of rotatable bonds is 3. The van der Waals surface area contributed by atoms with Crippen molar-refractivity contribution in [1.29, 1.82) is 0 Å². The van der Waals surface area contributed by atoms with E-state index in [4.69, 9.17) is 5.11 Å². The third kappa shape index (κ3) is 3.12. The van der Waals surface area contributed by atoms with Gasteiger partial charge in [0.25, 0.3) is 0 Å². The van der Waals surface area contributed by atoms with Crippen molar-refractivity contribution in [3.63, 3.8) is 0 Å². The standard InChI is InChI=1S/C10H9F3N2O3/c1-4(9(16)17)14-10(18)15-6-3-2-5(11)7(12)8(6)13/h2-4H,1H3,(H,16,17)(H2,14,15,18)/t4-/m1/s1. The van der Waals surface area contributed by atoms with E-state index in [1.165, 1.54) is 6.92 Å². The number of amides is 2. The molecule has 3 N–H and O–H groups in total. The largest absolute Gasteiger partial charge is 0.480 e. The molecule has 0 heterocycles. The Kier molecular flexibility index (Phi) is 4.13. The van der Waals surface area contributed by atoms with E-state index in [0.29, 0.717) is 6.07 Å². The fourth-order valence-electron chi connectivity index (χ4n) is 1.04. The van der Waals surface area contributed by atoms with Gasteiger partial charge in [0.15, 0.2) is 17.5 Å². The van der Waals surface area contributed by atoms with Crippen molar-refractivity contribution in [2.24, 2.45) is 0 Å². The molecule has 1 aromatic carbocycles. The Bertz CT molecular complexity index is 494. The molecule has 1 rings (SSSR count). The maximum atomic E-state index is 13.1. The SMILES string of the molecule is C[C@@H](NC(=O)Nc1ccc(F)c(F)c1F)C(=O)O. The van der Waals surface area contributed by atoms with Crippen LogP contribution < -0.4 is 10.6 Å². The predicted octanol–water partition coefficient (Wildman–Crippen LogP) is 1.70. The Labute approximate surface area is 99.6 Å². The highest BCUT2D eigenvalue weighted by Gasteiger charge is 2.17. The molecule has 0 aromatic heterocycles. The third-order valence-corrected chi connectivity index (χ3v) is 2.00. The molecule has 5 nitrogen and oxygen atoms in total. The molecular formula is C10H9F3N2O3. The highest BCUT2D eigenvalue weighted by atomic mass is 19.2. The zero-order valence-electron chi connectivity index (χ0n) is 9.13. The average molecular weight is 262 g/mol. The number of hydrogen-bond acceptors (Lipinski definition) is 2. The number of hydrogen-bond donors (Lipinski definition) is 3. The normalized spacial score (nSPS) is 11.8. The van der Waals surface area contributed by atoms with E-state index >= 15 is 0 Å². The van der Waals surface area contributed by atoms with Gasteiger partial charge in [-0.05, 0) is 19.1 Å². The number of carbonyl (C=O) groups excluding carboxylic acids is 1. The van der Waals surface area contributed by atoms with Crippen molar-refractivity contribution in [3.8, 4) is 0 Å². The van der Waals surface area contributed by atoms with E-state index in [-0.39, 0.29) is 0 Å². The first-order valence-corrected chi connectivity index (χ1v) is 4.76.